The van der Waals surface area contributed by atoms with Gasteiger partial charge in [-0.15, -0.1) is 0 Å². The summed E-state index contributed by atoms with van der Waals surface area (Å²) in [4.78, 5) is 46.6. The van der Waals surface area contributed by atoms with Gasteiger partial charge in [-0.05, 0) is 12.8 Å². The van der Waals surface area contributed by atoms with E-state index in [0.29, 0.717) is 35.9 Å². The van der Waals surface area contributed by atoms with Gasteiger partial charge in [-0.2, -0.15) is 5.26 Å². The van der Waals surface area contributed by atoms with Gasteiger partial charge < -0.3 is 5.32 Å². The normalized spacial score (nSPS) is 10.9. The van der Waals surface area contributed by atoms with Gasteiger partial charge in [-0.1, -0.05) is 44.9 Å². The molecular weight excluding hydrogens is 404 g/mol. The molecule has 9 nitrogen and oxygen atoms in total. The van der Waals surface area contributed by atoms with Crippen molar-refractivity contribution in [1.29, 1.82) is 5.26 Å². The molecule has 0 aliphatic carbocycles. The molecule has 0 saturated heterocycles. The highest BCUT2D eigenvalue weighted by Gasteiger charge is 2.19. The van der Waals surface area contributed by atoms with Crippen LogP contribution < -0.4 is 16.6 Å². The Morgan fingerprint density at radius 3 is 2.60 bits per heavy atom. The van der Waals surface area contributed by atoms with Crippen LogP contribution in [-0.4, -0.2) is 37.3 Å². The number of nitriles is 1. The number of hydrogen-bond donors (Lipinski definition) is 1. The molecule has 1 amide bonds. The summed E-state index contributed by atoms with van der Waals surface area (Å²) in [5.74, 6) is 0.256. The second-order valence-electron chi connectivity index (χ2n) is 6.98. The average molecular weight is 433 g/mol. The first-order valence-corrected chi connectivity index (χ1v) is 11.2. The van der Waals surface area contributed by atoms with E-state index >= 15 is 0 Å². The number of nitrogens with zero attached hydrogens (tertiary/aromatic N) is 5. The molecule has 0 aliphatic heterocycles. The molecule has 0 aliphatic rings. The van der Waals surface area contributed by atoms with E-state index in [0.717, 1.165) is 42.0 Å². The zero-order valence-electron chi connectivity index (χ0n) is 17.7. The molecule has 0 bridgehead atoms. The van der Waals surface area contributed by atoms with Crippen molar-refractivity contribution in [3.63, 3.8) is 0 Å². The summed E-state index contributed by atoms with van der Waals surface area (Å²) in [6.45, 7) is 4.44. The fourth-order valence-corrected chi connectivity index (χ4v) is 3.92. The number of aromatic nitrogens is 4. The maximum Gasteiger partial charge on any atom is 0.332 e. The van der Waals surface area contributed by atoms with Crippen LogP contribution >= 0.6 is 11.8 Å². The highest BCUT2D eigenvalue weighted by atomic mass is 32.2. The molecule has 10 heteroatoms. The predicted octanol–water partition coefficient (Wildman–Crippen LogP) is 1.75. The quantitative estimate of drug-likeness (QED) is 0.248. The lowest BCUT2D eigenvalue weighted by molar-refractivity contribution is -0.118. The summed E-state index contributed by atoms with van der Waals surface area (Å²) >= 11 is 1.12. The summed E-state index contributed by atoms with van der Waals surface area (Å²) in [5, 5.41) is 11.7. The summed E-state index contributed by atoms with van der Waals surface area (Å²) in [6, 6.07) is 1.86. The number of thioether (sulfide) groups is 1. The number of rotatable bonds is 11. The molecule has 0 spiro atoms. The van der Waals surface area contributed by atoms with E-state index in [-0.39, 0.29) is 23.6 Å². The van der Waals surface area contributed by atoms with Crippen molar-refractivity contribution < 1.29 is 4.79 Å². The molecule has 0 saturated carbocycles. The Morgan fingerprint density at radius 2 is 1.93 bits per heavy atom. The monoisotopic (exact) mass is 432 g/mol. The third-order valence-corrected chi connectivity index (χ3v) is 5.58. The van der Waals surface area contributed by atoms with Crippen molar-refractivity contribution in [1.82, 2.24) is 24.4 Å². The van der Waals surface area contributed by atoms with Crippen LogP contribution in [0.2, 0.25) is 0 Å². The molecule has 0 atom stereocenters. The molecule has 2 aromatic heterocycles. The van der Waals surface area contributed by atoms with E-state index in [2.05, 4.69) is 22.2 Å². The van der Waals surface area contributed by atoms with E-state index in [9.17, 15) is 14.4 Å². The third-order valence-electron chi connectivity index (χ3n) is 4.60. The summed E-state index contributed by atoms with van der Waals surface area (Å²) < 4.78 is 2.57. The molecular formula is C20H28N6O3S. The van der Waals surface area contributed by atoms with Crippen LogP contribution in [0.25, 0.3) is 11.0 Å². The van der Waals surface area contributed by atoms with Gasteiger partial charge in [0.15, 0.2) is 5.65 Å². The smallest absolute Gasteiger partial charge is 0.332 e. The van der Waals surface area contributed by atoms with Crippen LogP contribution in [0.4, 0.5) is 0 Å². The first-order valence-electron chi connectivity index (χ1n) is 10.2. The summed E-state index contributed by atoms with van der Waals surface area (Å²) in [7, 11) is 1.43. The molecule has 30 heavy (non-hydrogen) atoms. The van der Waals surface area contributed by atoms with Gasteiger partial charge in [-0.3, -0.25) is 18.7 Å². The molecule has 0 unspecified atom stereocenters. The number of aryl methyl sites for hydroxylation is 2. The van der Waals surface area contributed by atoms with E-state index in [4.69, 9.17) is 5.26 Å². The van der Waals surface area contributed by atoms with Gasteiger partial charge in [0.1, 0.15) is 22.8 Å². The molecule has 2 rings (SSSR count). The highest BCUT2D eigenvalue weighted by molar-refractivity contribution is 8.00. The molecule has 0 fully saturated rings. The standard InChI is InChI=1S/C20H28N6O3S/c1-4-6-7-8-9-14-23-17-16(18(24-14)30-13-15(27)22-11-10-21)19(28)25(3)20(29)26(17)12-5-2/h4-9,11-13H2,1-3H3,(H,22,27). The molecule has 0 radical (unpaired) electrons. The van der Waals surface area contributed by atoms with Crippen LogP contribution in [0.5, 0.6) is 0 Å². The minimum atomic E-state index is -0.472. The van der Waals surface area contributed by atoms with Crippen LogP contribution in [0.3, 0.4) is 0 Å². The van der Waals surface area contributed by atoms with E-state index in [1.807, 2.05) is 13.0 Å². The van der Waals surface area contributed by atoms with Gasteiger partial charge >= 0.3 is 5.69 Å². The van der Waals surface area contributed by atoms with Crippen LogP contribution in [0, 0.1) is 11.3 Å². The average Bonchev–Trinajstić information content (AvgIpc) is 2.74. The van der Waals surface area contributed by atoms with Crippen molar-refractivity contribution in [3.8, 4) is 6.07 Å². The Labute approximate surface area is 179 Å². The van der Waals surface area contributed by atoms with Crippen LogP contribution in [-0.2, 0) is 24.8 Å². The molecule has 1 N–H and O–H groups in total. The SMILES string of the molecule is CCCCCCc1nc(SCC(=O)NCC#N)c2c(=O)n(C)c(=O)n(CCC)c2n1. The van der Waals surface area contributed by atoms with Crippen molar-refractivity contribution in [3.05, 3.63) is 26.7 Å². The zero-order chi connectivity index (χ0) is 22.1. The van der Waals surface area contributed by atoms with Gasteiger partial charge in [0.25, 0.3) is 5.56 Å². The number of fused-ring (bicyclic) bond motifs is 1. The predicted molar refractivity (Wildman–Crippen MR) is 117 cm³/mol. The van der Waals surface area contributed by atoms with Crippen molar-refractivity contribution in [2.24, 2.45) is 7.05 Å². The van der Waals surface area contributed by atoms with Crippen molar-refractivity contribution in [2.45, 2.75) is 63.9 Å². The highest BCUT2D eigenvalue weighted by Crippen LogP contribution is 2.23. The maximum atomic E-state index is 12.9. The molecule has 162 valence electrons. The Morgan fingerprint density at radius 1 is 1.17 bits per heavy atom. The van der Waals surface area contributed by atoms with Gasteiger partial charge in [0.2, 0.25) is 5.91 Å². The number of nitrogens with one attached hydrogen (secondary N) is 1. The number of hydrogen-bond acceptors (Lipinski definition) is 7. The summed E-state index contributed by atoms with van der Waals surface area (Å²) in [5.41, 5.74) is -0.558. The fourth-order valence-electron chi connectivity index (χ4n) is 3.05. The van der Waals surface area contributed by atoms with E-state index < -0.39 is 11.2 Å². The zero-order valence-corrected chi connectivity index (χ0v) is 18.5. The van der Waals surface area contributed by atoms with Crippen molar-refractivity contribution >= 4 is 28.7 Å². The minimum absolute atomic E-state index is 0.0130. The first kappa shape index (κ1) is 23.6. The van der Waals surface area contributed by atoms with Crippen LogP contribution in [0.15, 0.2) is 14.6 Å². The second-order valence-corrected chi connectivity index (χ2v) is 7.94. The van der Waals surface area contributed by atoms with Gasteiger partial charge in [0.05, 0.1) is 11.8 Å². The lowest BCUT2D eigenvalue weighted by Gasteiger charge is -2.14. The Kier molecular flexibility index (Phi) is 9.05. The Balaban J connectivity index is 2.54. The van der Waals surface area contributed by atoms with E-state index in [1.165, 1.54) is 11.6 Å². The minimum Gasteiger partial charge on any atom is -0.342 e. The van der Waals surface area contributed by atoms with E-state index in [1.54, 1.807) is 0 Å². The first-order chi connectivity index (χ1) is 14.4. The summed E-state index contributed by atoms with van der Waals surface area (Å²) in [6.07, 6.45) is 5.55. The Hall–Kier alpha value is -2.67. The molecule has 2 heterocycles. The Bertz CT molecular complexity index is 1050. The number of amides is 1. The van der Waals surface area contributed by atoms with Gasteiger partial charge in [-0.25, -0.2) is 14.8 Å². The topological polar surface area (TPSA) is 123 Å². The molecule has 0 aromatic carbocycles. The van der Waals surface area contributed by atoms with Crippen LogP contribution in [0.1, 0.15) is 51.8 Å². The third kappa shape index (κ3) is 5.69. The van der Waals surface area contributed by atoms with Gasteiger partial charge in [0, 0.05) is 20.0 Å². The lowest BCUT2D eigenvalue weighted by atomic mass is 10.1. The second kappa shape index (κ2) is 11.5. The lowest BCUT2D eigenvalue weighted by Crippen LogP contribution is -2.39. The number of carbonyl (C=O) groups is 1. The largest absolute Gasteiger partial charge is 0.342 e. The maximum absolute atomic E-state index is 12.9. The van der Waals surface area contributed by atoms with Crippen molar-refractivity contribution in [2.75, 3.05) is 12.3 Å². The number of carbonyl (C=O) groups excluding carboxylic acids is 1. The fraction of sp³-hybridized carbons (Fsp3) is 0.600. The molecule has 2 aromatic rings. The number of unbranched alkanes of at least 4 members (excludes halogenated alkanes) is 3.